The van der Waals surface area contributed by atoms with Gasteiger partial charge in [0.1, 0.15) is 12.2 Å². The van der Waals surface area contributed by atoms with Gasteiger partial charge in [0.05, 0.1) is 21.8 Å². The van der Waals surface area contributed by atoms with E-state index in [9.17, 15) is 4.79 Å². The Balaban J connectivity index is 1.57. The van der Waals surface area contributed by atoms with Crippen LogP contribution < -0.4 is 0 Å². The van der Waals surface area contributed by atoms with Crippen molar-refractivity contribution in [3.8, 4) is 0 Å². The predicted octanol–water partition coefficient (Wildman–Crippen LogP) is 2.01. The maximum atomic E-state index is 12.1. The Hall–Kier alpha value is -2.28. The summed E-state index contributed by atoms with van der Waals surface area (Å²) in [5.41, 5.74) is 1.000. The molecule has 2 aromatic heterocycles. The Morgan fingerprint density at radius 1 is 1.38 bits per heavy atom. The third-order valence-electron chi connectivity index (χ3n) is 3.17. The summed E-state index contributed by atoms with van der Waals surface area (Å²) < 4.78 is 1.16. The van der Waals surface area contributed by atoms with Crippen LogP contribution in [-0.2, 0) is 17.8 Å². The maximum absolute atomic E-state index is 12.1. The minimum absolute atomic E-state index is 0.0747. The van der Waals surface area contributed by atoms with E-state index >= 15 is 0 Å². The average Bonchev–Trinajstić information content (AvgIpc) is 3.13. The third kappa shape index (κ3) is 3.25. The topological polar surface area (TPSA) is 74.8 Å². The summed E-state index contributed by atoms with van der Waals surface area (Å²) in [6, 6.07) is 8.02. The van der Waals surface area contributed by atoms with Crippen LogP contribution in [0.2, 0.25) is 0 Å². The van der Waals surface area contributed by atoms with Crippen LogP contribution >= 0.6 is 11.3 Å². The molecule has 7 heteroatoms. The lowest BCUT2D eigenvalue weighted by molar-refractivity contribution is -0.130. The zero-order chi connectivity index (χ0) is 14.7. The van der Waals surface area contributed by atoms with Crippen LogP contribution in [0, 0.1) is 0 Å². The van der Waals surface area contributed by atoms with Crippen molar-refractivity contribution in [1.82, 2.24) is 25.1 Å². The fraction of sp³-hybridized carbons (Fsp3) is 0.286. The van der Waals surface area contributed by atoms with Gasteiger partial charge in [0, 0.05) is 19.9 Å². The molecule has 0 aliphatic rings. The van der Waals surface area contributed by atoms with Crippen molar-refractivity contribution < 1.29 is 4.79 Å². The van der Waals surface area contributed by atoms with Crippen LogP contribution in [-0.4, -0.2) is 38.0 Å². The van der Waals surface area contributed by atoms with E-state index in [1.54, 1.807) is 23.3 Å². The number of thiazole rings is 1. The Morgan fingerprint density at radius 2 is 2.24 bits per heavy atom. The van der Waals surface area contributed by atoms with Gasteiger partial charge in [-0.25, -0.2) is 9.97 Å². The molecule has 1 aromatic carbocycles. The number of carbonyl (C=O) groups is 1. The van der Waals surface area contributed by atoms with Crippen molar-refractivity contribution in [2.75, 3.05) is 7.05 Å². The number of hydrogen-bond donors (Lipinski definition) is 1. The highest BCUT2D eigenvalue weighted by Gasteiger charge is 2.12. The minimum atomic E-state index is 0.0747. The van der Waals surface area contributed by atoms with Crippen LogP contribution in [0.1, 0.15) is 17.3 Å². The van der Waals surface area contributed by atoms with E-state index < -0.39 is 0 Å². The van der Waals surface area contributed by atoms with Crippen LogP contribution in [0.5, 0.6) is 0 Å². The number of nitrogens with zero attached hydrogens (tertiary/aromatic N) is 4. The summed E-state index contributed by atoms with van der Waals surface area (Å²) in [6.45, 7) is 0.443. The molecule has 0 radical (unpaired) electrons. The van der Waals surface area contributed by atoms with Crippen LogP contribution in [0.3, 0.4) is 0 Å². The molecule has 0 unspecified atom stereocenters. The second-order valence-corrected chi connectivity index (χ2v) is 5.87. The Morgan fingerprint density at radius 3 is 3.00 bits per heavy atom. The Kier molecular flexibility index (Phi) is 3.92. The first kappa shape index (κ1) is 13.7. The molecule has 0 saturated heterocycles. The van der Waals surface area contributed by atoms with E-state index in [1.165, 1.54) is 6.33 Å². The average molecular weight is 301 g/mol. The SMILES string of the molecule is CN(Cc1ncn[nH]1)C(=O)CCc1nc2ccccc2s1. The molecule has 3 aromatic rings. The normalized spacial score (nSPS) is 10.9. The standard InChI is InChI=1S/C14H15N5OS/c1-19(8-12-15-9-16-18-12)14(20)7-6-13-17-10-4-2-3-5-11(10)21-13/h2-5,9H,6-8H2,1H3,(H,15,16,18). The molecular formula is C14H15N5OS. The van der Waals surface area contributed by atoms with Gasteiger partial charge in [-0.2, -0.15) is 5.10 Å². The van der Waals surface area contributed by atoms with Crippen LogP contribution in [0.15, 0.2) is 30.6 Å². The molecule has 0 fully saturated rings. The molecule has 0 saturated carbocycles. The lowest BCUT2D eigenvalue weighted by Crippen LogP contribution is -2.26. The van der Waals surface area contributed by atoms with Gasteiger partial charge in [-0.05, 0) is 12.1 Å². The van der Waals surface area contributed by atoms with Crippen molar-refractivity contribution >= 4 is 27.5 Å². The zero-order valence-corrected chi connectivity index (χ0v) is 12.4. The van der Waals surface area contributed by atoms with Crippen molar-refractivity contribution in [2.45, 2.75) is 19.4 Å². The van der Waals surface area contributed by atoms with E-state index in [1.807, 2.05) is 24.3 Å². The summed E-state index contributed by atoms with van der Waals surface area (Å²) in [4.78, 5) is 22.3. The zero-order valence-electron chi connectivity index (χ0n) is 11.6. The van der Waals surface area contributed by atoms with Crippen LogP contribution in [0.25, 0.3) is 10.2 Å². The fourth-order valence-corrected chi connectivity index (χ4v) is 3.02. The van der Waals surface area contributed by atoms with E-state index in [4.69, 9.17) is 0 Å². The molecule has 0 bridgehead atoms. The number of amides is 1. The summed E-state index contributed by atoms with van der Waals surface area (Å²) in [7, 11) is 1.77. The lowest BCUT2D eigenvalue weighted by Gasteiger charge is -2.14. The molecule has 0 aliphatic heterocycles. The fourth-order valence-electron chi connectivity index (χ4n) is 2.05. The van der Waals surface area contributed by atoms with Gasteiger partial charge in [0.2, 0.25) is 5.91 Å². The lowest BCUT2D eigenvalue weighted by atomic mass is 10.3. The highest BCUT2D eigenvalue weighted by Crippen LogP contribution is 2.22. The molecule has 3 rings (SSSR count). The highest BCUT2D eigenvalue weighted by atomic mass is 32.1. The van der Waals surface area contributed by atoms with E-state index in [0.717, 1.165) is 15.2 Å². The molecule has 0 atom stereocenters. The number of para-hydroxylation sites is 1. The van der Waals surface area contributed by atoms with E-state index in [0.29, 0.717) is 25.2 Å². The molecule has 0 aliphatic carbocycles. The number of fused-ring (bicyclic) bond motifs is 1. The third-order valence-corrected chi connectivity index (χ3v) is 4.26. The second kappa shape index (κ2) is 6.01. The molecule has 21 heavy (non-hydrogen) atoms. The Labute approximate surface area is 125 Å². The minimum Gasteiger partial charge on any atom is -0.338 e. The molecule has 108 valence electrons. The van der Waals surface area contributed by atoms with E-state index in [2.05, 4.69) is 20.2 Å². The molecule has 1 amide bonds. The summed E-state index contributed by atoms with van der Waals surface area (Å²) >= 11 is 1.65. The summed E-state index contributed by atoms with van der Waals surface area (Å²) in [5.74, 6) is 0.761. The molecule has 6 nitrogen and oxygen atoms in total. The van der Waals surface area contributed by atoms with Gasteiger partial charge in [0.15, 0.2) is 0 Å². The smallest absolute Gasteiger partial charge is 0.223 e. The largest absolute Gasteiger partial charge is 0.338 e. The number of nitrogens with one attached hydrogen (secondary N) is 1. The number of aromatic amines is 1. The first-order valence-corrected chi connectivity index (χ1v) is 7.46. The monoisotopic (exact) mass is 301 g/mol. The van der Waals surface area contributed by atoms with Crippen molar-refractivity contribution in [2.24, 2.45) is 0 Å². The van der Waals surface area contributed by atoms with Crippen molar-refractivity contribution in [3.05, 3.63) is 41.4 Å². The number of rotatable bonds is 5. The maximum Gasteiger partial charge on any atom is 0.223 e. The molecule has 0 spiro atoms. The summed E-state index contributed by atoms with van der Waals surface area (Å²) in [6.07, 6.45) is 2.55. The molecule has 2 heterocycles. The molecular weight excluding hydrogens is 286 g/mol. The van der Waals surface area contributed by atoms with Gasteiger partial charge in [-0.1, -0.05) is 12.1 Å². The van der Waals surface area contributed by atoms with Crippen molar-refractivity contribution in [3.63, 3.8) is 0 Å². The first-order chi connectivity index (χ1) is 10.2. The number of carbonyl (C=O) groups excluding carboxylic acids is 1. The van der Waals surface area contributed by atoms with Gasteiger partial charge in [-0.15, -0.1) is 11.3 Å². The second-order valence-electron chi connectivity index (χ2n) is 4.76. The van der Waals surface area contributed by atoms with Crippen molar-refractivity contribution in [1.29, 1.82) is 0 Å². The number of aryl methyl sites for hydroxylation is 1. The number of aromatic nitrogens is 4. The van der Waals surface area contributed by atoms with Gasteiger partial charge < -0.3 is 4.90 Å². The number of hydrogen-bond acceptors (Lipinski definition) is 5. The predicted molar refractivity (Wildman–Crippen MR) is 80.8 cm³/mol. The summed E-state index contributed by atoms with van der Waals surface area (Å²) in [5, 5.41) is 7.52. The number of H-pyrrole nitrogens is 1. The van der Waals surface area contributed by atoms with Gasteiger partial charge in [-0.3, -0.25) is 9.89 Å². The quantitative estimate of drug-likeness (QED) is 0.782. The number of benzene rings is 1. The van der Waals surface area contributed by atoms with Gasteiger partial charge >= 0.3 is 0 Å². The first-order valence-electron chi connectivity index (χ1n) is 6.65. The molecule has 1 N–H and O–H groups in total. The van der Waals surface area contributed by atoms with E-state index in [-0.39, 0.29) is 5.91 Å². The highest BCUT2D eigenvalue weighted by molar-refractivity contribution is 7.18. The van der Waals surface area contributed by atoms with Gasteiger partial charge in [0.25, 0.3) is 0 Å². The van der Waals surface area contributed by atoms with Crippen LogP contribution in [0.4, 0.5) is 0 Å². The Bertz CT molecular complexity index is 704.